The van der Waals surface area contributed by atoms with Gasteiger partial charge in [-0.15, -0.1) is 0 Å². The fourth-order valence-corrected chi connectivity index (χ4v) is 2.38. The molecule has 0 aliphatic heterocycles. The van der Waals surface area contributed by atoms with Gasteiger partial charge in [-0.2, -0.15) is 5.10 Å². The molecule has 1 aromatic carbocycles. The van der Waals surface area contributed by atoms with Crippen molar-refractivity contribution in [2.24, 2.45) is 0 Å². The second-order valence-corrected chi connectivity index (χ2v) is 5.06. The van der Waals surface area contributed by atoms with Crippen LogP contribution in [0.3, 0.4) is 0 Å². The van der Waals surface area contributed by atoms with E-state index in [1.165, 1.54) is 16.8 Å². The summed E-state index contributed by atoms with van der Waals surface area (Å²) in [6.07, 6.45) is 1.41. The Kier molecular flexibility index (Phi) is 3.96. The first kappa shape index (κ1) is 16.0. The van der Waals surface area contributed by atoms with Crippen molar-refractivity contribution in [2.45, 2.75) is 13.8 Å². The van der Waals surface area contributed by atoms with E-state index < -0.39 is 23.4 Å². The summed E-state index contributed by atoms with van der Waals surface area (Å²) in [5.41, 5.74) is 0.420. The number of aryl methyl sites for hydroxylation is 1. The lowest BCUT2D eigenvalue weighted by Gasteiger charge is -2.10. The molecule has 0 unspecified atom stereocenters. The quantitative estimate of drug-likeness (QED) is 0.544. The zero-order chi connectivity index (χ0) is 17.4. The van der Waals surface area contributed by atoms with Crippen LogP contribution in [-0.2, 0) is 4.74 Å². The normalized spacial score (nSPS) is 11.0. The van der Waals surface area contributed by atoms with Crippen molar-refractivity contribution < 1.29 is 22.7 Å². The molecule has 8 heteroatoms. The standard InChI is InChI=1S/C16H12F3N3O2/c1-3-24-16(23)12-6-13-20-7-8(2)15(22(13)21-12)10-4-9(17)5-11(18)14(10)19/h4-7H,3H2,1-2H3. The molecule has 2 heterocycles. The van der Waals surface area contributed by atoms with Crippen molar-refractivity contribution in [2.75, 3.05) is 6.61 Å². The van der Waals surface area contributed by atoms with Gasteiger partial charge in [0, 0.05) is 23.9 Å². The molecule has 2 aromatic heterocycles. The summed E-state index contributed by atoms with van der Waals surface area (Å²) in [5.74, 6) is -4.11. The molecular weight excluding hydrogens is 323 g/mol. The van der Waals surface area contributed by atoms with Crippen LogP contribution < -0.4 is 0 Å². The Balaban J connectivity index is 2.28. The summed E-state index contributed by atoms with van der Waals surface area (Å²) in [7, 11) is 0. The molecule has 0 atom stereocenters. The van der Waals surface area contributed by atoms with Gasteiger partial charge in [0.1, 0.15) is 5.82 Å². The van der Waals surface area contributed by atoms with Crippen LogP contribution in [0.4, 0.5) is 13.2 Å². The van der Waals surface area contributed by atoms with Crippen LogP contribution in [0.15, 0.2) is 24.4 Å². The molecule has 0 fully saturated rings. The maximum atomic E-state index is 14.2. The number of carbonyl (C=O) groups excluding carboxylic acids is 1. The highest BCUT2D eigenvalue weighted by Gasteiger charge is 2.20. The Morgan fingerprint density at radius 3 is 2.71 bits per heavy atom. The van der Waals surface area contributed by atoms with Gasteiger partial charge in [0.15, 0.2) is 23.0 Å². The first-order chi connectivity index (χ1) is 11.4. The Morgan fingerprint density at radius 2 is 2.00 bits per heavy atom. The first-order valence-electron chi connectivity index (χ1n) is 7.09. The number of nitrogens with zero attached hydrogens (tertiary/aromatic N) is 3. The Hall–Kier alpha value is -2.90. The molecule has 24 heavy (non-hydrogen) atoms. The van der Waals surface area contributed by atoms with Crippen LogP contribution in [-0.4, -0.2) is 27.2 Å². The third-order valence-electron chi connectivity index (χ3n) is 3.40. The number of carbonyl (C=O) groups is 1. The van der Waals surface area contributed by atoms with E-state index in [1.807, 2.05) is 0 Å². The van der Waals surface area contributed by atoms with Crippen molar-refractivity contribution in [3.8, 4) is 11.3 Å². The molecule has 0 aliphatic carbocycles. The number of halogens is 3. The van der Waals surface area contributed by atoms with Gasteiger partial charge in [-0.05, 0) is 25.5 Å². The molecule has 5 nitrogen and oxygen atoms in total. The van der Waals surface area contributed by atoms with Crippen molar-refractivity contribution in [3.05, 3.63) is 53.1 Å². The molecule has 124 valence electrons. The van der Waals surface area contributed by atoms with E-state index in [0.29, 0.717) is 11.6 Å². The molecule has 3 aromatic rings. The van der Waals surface area contributed by atoms with Crippen LogP contribution in [0.2, 0.25) is 0 Å². The third-order valence-corrected chi connectivity index (χ3v) is 3.40. The average molecular weight is 335 g/mol. The monoisotopic (exact) mass is 335 g/mol. The van der Waals surface area contributed by atoms with Gasteiger partial charge in [-0.1, -0.05) is 0 Å². The van der Waals surface area contributed by atoms with Gasteiger partial charge < -0.3 is 4.74 Å². The maximum absolute atomic E-state index is 14.2. The first-order valence-corrected chi connectivity index (χ1v) is 7.09. The number of hydrogen-bond donors (Lipinski definition) is 0. The largest absolute Gasteiger partial charge is 0.461 e. The predicted molar refractivity (Wildman–Crippen MR) is 79.0 cm³/mol. The van der Waals surface area contributed by atoms with Gasteiger partial charge in [-0.3, -0.25) is 0 Å². The molecule has 0 radical (unpaired) electrons. The number of aromatic nitrogens is 3. The van der Waals surface area contributed by atoms with Gasteiger partial charge in [-0.25, -0.2) is 27.5 Å². The highest BCUT2D eigenvalue weighted by atomic mass is 19.2. The van der Waals surface area contributed by atoms with Crippen LogP contribution in [0, 0.1) is 24.4 Å². The second kappa shape index (κ2) is 5.95. The molecule has 0 spiro atoms. The van der Waals surface area contributed by atoms with E-state index in [0.717, 1.165) is 6.07 Å². The van der Waals surface area contributed by atoms with E-state index in [2.05, 4.69) is 10.1 Å². The molecule has 0 saturated heterocycles. The van der Waals surface area contributed by atoms with E-state index in [9.17, 15) is 18.0 Å². The minimum Gasteiger partial charge on any atom is -0.461 e. The molecular formula is C16H12F3N3O2. The zero-order valence-corrected chi connectivity index (χ0v) is 12.8. The smallest absolute Gasteiger partial charge is 0.358 e. The number of ether oxygens (including phenoxy) is 1. The third kappa shape index (κ3) is 2.60. The lowest BCUT2D eigenvalue weighted by Crippen LogP contribution is -2.07. The number of rotatable bonds is 3. The Labute approximate surface area is 134 Å². The average Bonchev–Trinajstić information content (AvgIpc) is 2.95. The van der Waals surface area contributed by atoms with Crippen molar-refractivity contribution >= 4 is 11.6 Å². The maximum Gasteiger partial charge on any atom is 0.358 e. The van der Waals surface area contributed by atoms with Crippen molar-refractivity contribution in [3.63, 3.8) is 0 Å². The van der Waals surface area contributed by atoms with Gasteiger partial charge in [0.25, 0.3) is 0 Å². The zero-order valence-electron chi connectivity index (χ0n) is 12.8. The van der Waals surface area contributed by atoms with Gasteiger partial charge in [0.2, 0.25) is 0 Å². The van der Waals surface area contributed by atoms with E-state index in [4.69, 9.17) is 4.74 Å². The minimum absolute atomic E-state index is 0.0338. The molecule has 0 amide bonds. The topological polar surface area (TPSA) is 56.5 Å². The van der Waals surface area contributed by atoms with Crippen LogP contribution >= 0.6 is 0 Å². The fourth-order valence-electron chi connectivity index (χ4n) is 2.38. The summed E-state index contributed by atoms with van der Waals surface area (Å²) >= 11 is 0. The number of fused-ring (bicyclic) bond motifs is 1. The molecule has 0 bridgehead atoms. The summed E-state index contributed by atoms with van der Waals surface area (Å²) in [4.78, 5) is 15.9. The molecule has 0 saturated carbocycles. The molecule has 0 N–H and O–H groups in total. The van der Waals surface area contributed by atoms with E-state index >= 15 is 0 Å². The van der Waals surface area contributed by atoms with Crippen LogP contribution in [0.1, 0.15) is 23.0 Å². The Morgan fingerprint density at radius 1 is 1.25 bits per heavy atom. The van der Waals surface area contributed by atoms with Gasteiger partial charge in [0.05, 0.1) is 12.3 Å². The highest BCUT2D eigenvalue weighted by molar-refractivity contribution is 5.88. The number of benzene rings is 1. The SMILES string of the molecule is CCOC(=O)c1cc2ncc(C)c(-c3cc(F)cc(F)c3F)n2n1. The summed E-state index contributed by atoms with van der Waals surface area (Å²) < 4.78 is 47.3. The lowest BCUT2D eigenvalue weighted by molar-refractivity contribution is 0.0519. The number of hydrogen-bond acceptors (Lipinski definition) is 4. The van der Waals surface area contributed by atoms with Crippen molar-refractivity contribution in [1.82, 2.24) is 14.6 Å². The van der Waals surface area contributed by atoms with E-state index in [-0.39, 0.29) is 29.2 Å². The second-order valence-electron chi connectivity index (χ2n) is 5.06. The van der Waals surface area contributed by atoms with Crippen molar-refractivity contribution in [1.29, 1.82) is 0 Å². The molecule has 0 aliphatic rings. The highest BCUT2D eigenvalue weighted by Crippen LogP contribution is 2.28. The van der Waals surface area contributed by atoms with Crippen LogP contribution in [0.25, 0.3) is 16.9 Å². The van der Waals surface area contributed by atoms with Gasteiger partial charge >= 0.3 is 5.97 Å². The Bertz CT molecular complexity index is 953. The van der Waals surface area contributed by atoms with E-state index in [1.54, 1.807) is 13.8 Å². The predicted octanol–water partition coefficient (Wildman–Crippen LogP) is 3.30. The fraction of sp³-hybridized carbons (Fsp3) is 0.188. The molecule has 3 rings (SSSR count). The summed E-state index contributed by atoms with van der Waals surface area (Å²) in [5, 5.41) is 4.04. The van der Waals surface area contributed by atoms with Crippen LogP contribution in [0.5, 0.6) is 0 Å². The lowest BCUT2D eigenvalue weighted by atomic mass is 10.1. The number of esters is 1. The minimum atomic E-state index is -1.31. The summed E-state index contributed by atoms with van der Waals surface area (Å²) in [6, 6.07) is 2.68. The summed E-state index contributed by atoms with van der Waals surface area (Å²) in [6.45, 7) is 3.40.